The molecule has 0 bridgehead atoms. The van der Waals surface area contributed by atoms with E-state index in [1.807, 2.05) is 20.2 Å². The molecule has 0 unspecified atom stereocenters. The van der Waals surface area contributed by atoms with Crippen molar-refractivity contribution < 1.29 is 9.47 Å². The molecule has 2 heterocycles. The Hall–Kier alpha value is -1.60. The minimum atomic E-state index is 0.657. The Balaban J connectivity index is 2.23. The third-order valence-corrected chi connectivity index (χ3v) is 3.67. The lowest BCUT2D eigenvalue weighted by Crippen LogP contribution is -2.06. The summed E-state index contributed by atoms with van der Waals surface area (Å²) in [7, 11) is 5.20. The van der Waals surface area contributed by atoms with Crippen molar-refractivity contribution in [3.05, 3.63) is 11.9 Å². The number of aromatic nitrogens is 3. The lowest BCUT2D eigenvalue weighted by molar-refractivity contribution is 0.211. The summed E-state index contributed by atoms with van der Waals surface area (Å²) in [5.41, 5.74) is 1.94. The van der Waals surface area contributed by atoms with Gasteiger partial charge in [-0.05, 0) is 6.92 Å². The SMILES string of the molecule is COCCNc1ncc(-c2c(C)nn(C)c2OC)s1. The largest absolute Gasteiger partial charge is 0.481 e. The molecular weight excluding hydrogens is 264 g/mol. The van der Waals surface area contributed by atoms with Gasteiger partial charge >= 0.3 is 0 Å². The predicted octanol–water partition coefficient (Wildman–Crippen LogP) is 1.92. The maximum Gasteiger partial charge on any atom is 0.220 e. The average molecular weight is 282 g/mol. The molecule has 0 aliphatic carbocycles. The molecule has 2 aromatic heterocycles. The number of methoxy groups -OCH3 is 2. The Morgan fingerprint density at radius 3 is 2.89 bits per heavy atom. The summed E-state index contributed by atoms with van der Waals surface area (Å²) in [4.78, 5) is 5.39. The van der Waals surface area contributed by atoms with E-state index in [1.165, 1.54) is 0 Å². The normalized spacial score (nSPS) is 10.7. The molecule has 104 valence electrons. The van der Waals surface area contributed by atoms with E-state index in [0.717, 1.165) is 33.7 Å². The van der Waals surface area contributed by atoms with E-state index < -0.39 is 0 Å². The van der Waals surface area contributed by atoms with E-state index in [0.29, 0.717) is 6.61 Å². The molecule has 7 heteroatoms. The maximum atomic E-state index is 5.40. The first kappa shape index (κ1) is 13.8. The Morgan fingerprint density at radius 2 is 2.21 bits per heavy atom. The second-order valence-corrected chi connectivity index (χ2v) is 5.07. The topological polar surface area (TPSA) is 61.2 Å². The van der Waals surface area contributed by atoms with Crippen LogP contribution in [0.3, 0.4) is 0 Å². The lowest BCUT2D eigenvalue weighted by Gasteiger charge is -2.02. The number of nitrogens with one attached hydrogen (secondary N) is 1. The molecule has 6 nitrogen and oxygen atoms in total. The third-order valence-electron chi connectivity index (χ3n) is 2.70. The number of anilines is 1. The molecule has 19 heavy (non-hydrogen) atoms. The number of aryl methyl sites for hydroxylation is 2. The first-order chi connectivity index (χ1) is 9.17. The highest BCUT2D eigenvalue weighted by Crippen LogP contribution is 2.37. The van der Waals surface area contributed by atoms with Crippen LogP contribution in [0.2, 0.25) is 0 Å². The quantitative estimate of drug-likeness (QED) is 0.820. The summed E-state index contributed by atoms with van der Waals surface area (Å²) < 4.78 is 12.1. The van der Waals surface area contributed by atoms with Crippen molar-refractivity contribution in [2.75, 3.05) is 32.7 Å². The third kappa shape index (κ3) is 2.87. The van der Waals surface area contributed by atoms with E-state index in [9.17, 15) is 0 Å². The fourth-order valence-electron chi connectivity index (χ4n) is 1.89. The summed E-state index contributed by atoms with van der Waals surface area (Å²) in [6.07, 6.45) is 1.84. The van der Waals surface area contributed by atoms with E-state index >= 15 is 0 Å². The van der Waals surface area contributed by atoms with E-state index in [2.05, 4.69) is 15.4 Å². The molecule has 0 aromatic carbocycles. The fourth-order valence-corrected chi connectivity index (χ4v) is 2.82. The number of hydrogen-bond donors (Lipinski definition) is 1. The zero-order chi connectivity index (χ0) is 13.8. The van der Waals surface area contributed by atoms with Gasteiger partial charge in [-0.1, -0.05) is 11.3 Å². The van der Waals surface area contributed by atoms with Crippen LogP contribution in [0.15, 0.2) is 6.20 Å². The van der Waals surface area contributed by atoms with Crippen LogP contribution in [0.5, 0.6) is 5.88 Å². The van der Waals surface area contributed by atoms with Crippen LogP contribution in [0.1, 0.15) is 5.69 Å². The van der Waals surface area contributed by atoms with Crippen LogP contribution in [0.25, 0.3) is 10.4 Å². The van der Waals surface area contributed by atoms with Crippen molar-refractivity contribution in [3.8, 4) is 16.3 Å². The van der Waals surface area contributed by atoms with Crippen LogP contribution in [-0.4, -0.2) is 42.1 Å². The van der Waals surface area contributed by atoms with Gasteiger partial charge in [-0.2, -0.15) is 5.10 Å². The molecule has 0 atom stereocenters. The van der Waals surface area contributed by atoms with Gasteiger partial charge in [0.25, 0.3) is 0 Å². The van der Waals surface area contributed by atoms with Gasteiger partial charge in [-0.3, -0.25) is 0 Å². The standard InChI is InChI=1S/C12H18N4O2S/c1-8-10(11(18-4)16(2)15-8)9-7-14-12(19-9)13-5-6-17-3/h7H,5-6H2,1-4H3,(H,13,14). The molecule has 0 radical (unpaired) electrons. The van der Waals surface area contributed by atoms with Gasteiger partial charge in [0.2, 0.25) is 5.88 Å². The van der Waals surface area contributed by atoms with E-state index in [-0.39, 0.29) is 0 Å². The van der Waals surface area contributed by atoms with Gasteiger partial charge in [0.15, 0.2) is 5.13 Å². The zero-order valence-corrected chi connectivity index (χ0v) is 12.4. The molecule has 0 fully saturated rings. The van der Waals surface area contributed by atoms with E-state index in [1.54, 1.807) is 30.2 Å². The summed E-state index contributed by atoms with van der Waals surface area (Å²) in [5.74, 6) is 0.754. The molecule has 1 N–H and O–H groups in total. The zero-order valence-electron chi connectivity index (χ0n) is 11.6. The van der Waals surface area contributed by atoms with Gasteiger partial charge < -0.3 is 14.8 Å². The highest BCUT2D eigenvalue weighted by molar-refractivity contribution is 7.18. The minimum Gasteiger partial charge on any atom is -0.481 e. The van der Waals surface area contributed by atoms with Gasteiger partial charge in [0.1, 0.15) is 0 Å². The molecule has 2 rings (SSSR count). The monoisotopic (exact) mass is 282 g/mol. The Labute approximate surface area is 116 Å². The highest BCUT2D eigenvalue weighted by atomic mass is 32.1. The second kappa shape index (κ2) is 6.03. The van der Waals surface area contributed by atoms with Crippen molar-refractivity contribution >= 4 is 16.5 Å². The molecule has 0 spiro atoms. The van der Waals surface area contributed by atoms with Crippen LogP contribution in [0, 0.1) is 6.92 Å². The first-order valence-corrected chi connectivity index (χ1v) is 6.75. The Kier molecular flexibility index (Phi) is 4.39. The van der Waals surface area contributed by atoms with Gasteiger partial charge in [0, 0.05) is 26.9 Å². The van der Waals surface area contributed by atoms with Crippen molar-refractivity contribution in [1.29, 1.82) is 0 Å². The summed E-state index contributed by atoms with van der Waals surface area (Å²) in [6, 6.07) is 0. The molecule has 0 aliphatic rings. The molecule has 0 amide bonds. The predicted molar refractivity (Wildman–Crippen MR) is 76.0 cm³/mol. The fraction of sp³-hybridized carbons (Fsp3) is 0.500. The average Bonchev–Trinajstić information content (AvgIpc) is 2.93. The number of thiazole rings is 1. The highest BCUT2D eigenvalue weighted by Gasteiger charge is 2.18. The molecule has 2 aromatic rings. The molecule has 0 aliphatic heterocycles. The van der Waals surface area contributed by atoms with Gasteiger partial charge in [0.05, 0.1) is 29.9 Å². The number of rotatable bonds is 6. The van der Waals surface area contributed by atoms with Crippen molar-refractivity contribution in [1.82, 2.24) is 14.8 Å². The Bertz CT molecular complexity index is 550. The number of nitrogens with zero attached hydrogens (tertiary/aromatic N) is 3. The maximum absolute atomic E-state index is 5.40. The molecular formula is C12H18N4O2S. The van der Waals surface area contributed by atoms with Gasteiger partial charge in [-0.25, -0.2) is 9.67 Å². The second-order valence-electron chi connectivity index (χ2n) is 4.04. The Morgan fingerprint density at radius 1 is 1.42 bits per heavy atom. The van der Waals surface area contributed by atoms with Crippen LogP contribution in [0.4, 0.5) is 5.13 Å². The van der Waals surface area contributed by atoms with E-state index in [4.69, 9.17) is 9.47 Å². The summed E-state index contributed by atoms with van der Waals surface area (Å²) in [5, 5.41) is 8.46. The smallest absolute Gasteiger partial charge is 0.220 e. The van der Waals surface area contributed by atoms with Crippen molar-refractivity contribution in [3.63, 3.8) is 0 Å². The minimum absolute atomic E-state index is 0.657. The number of ether oxygens (including phenoxy) is 2. The van der Waals surface area contributed by atoms with Gasteiger partial charge in [-0.15, -0.1) is 0 Å². The summed E-state index contributed by atoms with van der Waals surface area (Å²) >= 11 is 1.58. The molecule has 0 saturated heterocycles. The first-order valence-electron chi connectivity index (χ1n) is 5.94. The lowest BCUT2D eigenvalue weighted by atomic mass is 10.2. The van der Waals surface area contributed by atoms with Crippen molar-refractivity contribution in [2.45, 2.75) is 6.92 Å². The molecule has 0 saturated carbocycles. The van der Waals surface area contributed by atoms with Crippen LogP contribution < -0.4 is 10.1 Å². The summed E-state index contributed by atoms with van der Waals surface area (Å²) in [6.45, 7) is 3.37. The number of hydrogen-bond acceptors (Lipinski definition) is 6. The van der Waals surface area contributed by atoms with Crippen LogP contribution >= 0.6 is 11.3 Å². The van der Waals surface area contributed by atoms with Crippen LogP contribution in [-0.2, 0) is 11.8 Å². The van der Waals surface area contributed by atoms with Crippen molar-refractivity contribution in [2.24, 2.45) is 7.05 Å².